The number of benzene rings is 2. The number of carbonyl (C=O) groups excluding carboxylic acids is 1. The van der Waals surface area contributed by atoms with E-state index in [1.54, 1.807) is 12.1 Å². The van der Waals surface area contributed by atoms with Crippen LogP contribution in [-0.2, 0) is 4.74 Å². The SMILES string of the molecule is O=C(c1cccc(F)c1F)N1CCO[C@@H](c2ccc(F)cc2)C1. The van der Waals surface area contributed by atoms with E-state index >= 15 is 0 Å². The molecule has 0 aliphatic carbocycles. The maximum absolute atomic E-state index is 13.8. The van der Waals surface area contributed by atoms with Crippen molar-refractivity contribution in [1.82, 2.24) is 4.90 Å². The molecule has 2 aromatic carbocycles. The largest absolute Gasteiger partial charge is 0.370 e. The monoisotopic (exact) mass is 321 g/mol. The molecular formula is C17H14F3NO2. The van der Waals surface area contributed by atoms with Crippen LogP contribution in [0.2, 0.25) is 0 Å². The van der Waals surface area contributed by atoms with Crippen LogP contribution >= 0.6 is 0 Å². The van der Waals surface area contributed by atoms with Gasteiger partial charge < -0.3 is 9.64 Å². The summed E-state index contributed by atoms with van der Waals surface area (Å²) in [4.78, 5) is 13.8. The fourth-order valence-electron chi connectivity index (χ4n) is 2.55. The van der Waals surface area contributed by atoms with E-state index in [1.807, 2.05) is 0 Å². The number of hydrogen-bond donors (Lipinski definition) is 0. The Kier molecular flexibility index (Phi) is 4.34. The Bertz CT molecular complexity index is 718. The molecule has 0 bridgehead atoms. The highest BCUT2D eigenvalue weighted by Crippen LogP contribution is 2.24. The van der Waals surface area contributed by atoms with Crippen LogP contribution in [0.4, 0.5) is 13.2 Å². The van der Waals surface area contributed by atoms with Gasteiger partial charge >= 0.3 is 0 Å². The van der Waals surface area contributed by atoms with E-state index in [9.17, 15) is 18.0 Å². The van der Waals surface area contributed by atoms with Crippen LogP contribution < -0.4 is 0 Å². The molecule has 0 aromatic heterocycles. The minimum Gasteiger partial charge on any atom is -0.370 e. The second-order valence-electron chi connectivity index (χ2n) is 5.26. The van der Waals surface area contributed by atoms with E-state index in [1.165, 1.54) is 29.2 Å². The maximum atomic E-state index is 13.8. The highest BCUT2D eigenvalue weighted by atomic mass is 19.2. The van der Waals surface area contributed by atoms with Crippen LogP contribution in [0.1, 0.15) is 22.0 Å². The Morgan fingerprint density at radius 1 is 1.09 bits per heavy atom. The quantitative estimate of drug-likeness (QED) is 0.849. The molecule has 0 saturated carbocycles. The lowest BCUT2D eigenvalue weighted by Crippen LogP contribution is -2.42. The first-order chi connectivity index (χ1) is 11.1. The Morgan fingerprint density at radius 3 is 2.57 bits per heavy atom. The molecule has 120 valence electrons. The van der Waals surface area contributed by atoms with Gasteiger partial charge in [0, 0.05) is 6.54 Å². The first kappa shape index (κ1) is 15.6. The van der Waals surface area contributed by atoms with Crippen molar-refractivity contribution in [2.24, 2.45) is 0 Å². The summed E-state index contributed by atoms with van der Waals surface area (Å²) in [6.07, 6.45) is -0.426. The molecule has 3 nitrogen and oxygen atoms in total. The Balaban J connectivity index is 1.79. The molecule has 23 heavy (non-hydrogen) atoms. The average Bonchev–Trinajstić information content (AvgIpc) is 2.57. The summed E-state index contributed by atoms with van der Waals surface area (Å²) >= 11 is 0. The Morgan fingerprint density at radius 2 is 1.83 bits per heavy atom. The Labute approximate surface area is 131 Å². The number of ether oxygens (including phenoxy) is 1. The summed E-state index contributed by atoms with van der Waals surface area (Å²) in [5.74, 6) is -3.15. The van der Waals surface area contributed by atoms with Crippen LogP contribution in [0.5, 0.6) is 0 Å². The number of amides is 1. The number of nitrogens with zero attached hydrogens (tertiary/aromatic N) is 1. The topological polar surface area (TPSA) is 29.5 Å². The zero-order valence-electron chi connectivity index (χ0n) is 12.1. The van der Waals surface area contributed by atoms with Crippen LogP contribution in [-0.4, -0.2) is 30.5 Å². The van der Waals surface area contributed by atoms with Crippen molar-refractivity contribution in [3.05, 3.63) is 71.0 Å². The zero-order valence-corrected chi connectivity index (χ0v) is 12.1. The molecule has 1 fully saturated rings. The molecule has 0 unspecified atom stereocenters. The zero-order chi connectivity index (χ0) is 16.4. The summed E-state index contributed by atoms with van der Waals surface area (Å²) in [5, 5.41) is 0. The van der Waals surface area contributed by atoms with Crippen molar-refractivity contribution in [2.75, 3.05) is 19.7 Å². The van der Waals surface area contributed by atoms with E-state index < -0.39 is 23.6 Å². The lowest BCUT2D eigenvalue weighted by atomic mass is 10.1. The predicted octanol–water partition coefficient (Wildman–Crippen LogP) is 3.32. The standard InChI is InChI=1S/C17H14F3NO2/c18-12-6-4-11(5-7-12)15-10-21(8-9-23-15)17(22)13-2-1-3-14(19)16(13)20/h1-7,15H,8-10H2/t15-/m1/s1. The number of morpholine rings is 1. The van der Waals surface area contributed by atoms with Gasteiger partial charge in [-0.15, -0.1) is 0 Å². The first-order valence-electron chi connectivity index (χ1n) is 7.16. The van der Waals surface area contributed by atoms with Crippen LogP contribution in [0.15, 0.2) is 42.5 Å². The molecule has 1 saturated heterocycles. The lowest BCUT2D eigenvalue weighted by Gasteiger charge is -2.33. The van der Waals surface area contributed by atoms with Crippen molar-refractivity contribution in [1.29, 1.82) is 0 Å². The minimum absolute atomic E-state index is 0.195. The Hall–Kier alpha value is -2.34. The molecule has 1 aliphatic heterocycles. The molecule has 6 heteroatoms. The fraction of sp³-hybridized carbons (Fsp3) is 0.235. The van der Waals surface area contributed by atoms with Gasteiger partial charge in [0.1, 0.15) is 11.9 Å². The average molecular weight is 321 g/mol. The molecule has 0 radical (unpaired) electrons. The minimum atomic E-state index is -1.15. The van der Waals surface area contributed by atoms with Crippen molar-refractivity contribution >= 4 is 5.91 Å². The smallest absolute Gasteiger partial charge is 0.257 e. The van der Waals surface area contributed by atoms with E-state index in [0.29, 0.717) is 0 Å². The molecule has 3 rings (SSSR count). The summed E-state index contributed by atoms with van der Waals surface area (Å²) in [6.45, 7) is 0.748. The number of halogens is 3. The molecule has 1 atom stereocenters. The number of carbonyl (C=O) groups is 1. The summed E-state index contributed by atoms with van der Waals surface area (Å²) in [6, 6.07) is 9.30. The van der Waals surface area contributed by atoms with Crippen molar-refractivity contribution in [2.45, 2.75) is 6.10 Å². The highest BCUT2D eigenvalue weighted by molar-refractivity contribution is 5.94. The van der Waals surface area contributed by atoms with Gasteiger partial charge in [-0.05, 0) is 29.8 Å². The third kappa shape index (κ3) is 3.22. The number of hydrogen-bond acceptors (Lipinski definition) is 2. The molecular weight excluding hydrogens is 307 g/mol. The normalized spacial score (nSPS) is 18.0. The predicted molar refractivity (Wildman–Crippen MR) is 77.4 cm³/mol. The summed E-state index contributed by atoms with van der Waals surface area (Å²) in [7, 11) is 0. The molecule has 0 spiro atoms. The third-order valence-electron chi connectivity index (χ3n) is 3.78. The number of rotatable bonds is 2. The van der Waals surface area contributed by atoms with Gasteiger partial charge in [0.15, 0.2) is 11.6 Å². The highest BCUT2D eigenvalue weighted by Gasteiger charge is 2.28. The second kappa shape index (κ2) is 6.42. The van der Waals surface area contributed by atoms with E-state index in [2.05, 4.69) is 0 Å². The van der Waals surface area contributed by atoms with E-state index in [0.717, 1.165) is 11.6 Å². The van der Waals surface area contributed by atoms with Crippen molar-refractivity contribution in [3.63, 3.8) is 0 Å². The third-order valence-corrected chi connectivity index (χ3v) is 3.78. The molecule has 1 amide bonds. The molecule has 0 N–H and O–H groups in total. The van der Waals surface area contributed by atoms with Gasteiger partial charge in [0.25, 0.3) is 5.91 Å². The van der Waals surface area contributed by atoms with Crippen LogP contribution in [0.3, 0.4) is 0 Å². The van der Waals surface area contributed by atoms with Gasteiger partial charge in [-0.25, -0.2) is 13.2 Å². The summed E-state index contributed by atoms with van der Waals surface area (Å²) in [5.41, 5.74) is 0.424. The second-order valence-corrected chi connectivity index (χ2v) is 5.26. The van der Waals surface area contributed by atoms with Gasteiger partial charge in [0.2, 0.25) is 0 Å². The van der Waals surface area contributed by atoms with Crippen molar-refractivity contribution < 1.29 is 22.7 Å². The van der Waals surface area contributed by atoms with Gasteiger partial charge in [-0.2, -0.15) is 0 Å². The lowest BCUT2D eigenvalue weighted by molar-refractivity contribution is -0.0230. The van der Waals surface area contributed by atoms with Crippen molar-refractivity contribution in [3.8, 4) is 0 Å². The maximum Gasteiger partial charge on any atom is 0.257 e. The van der Waals surface area contributed by atoms with Crippen LogP contribution in [0, 0.1) is 17.5 Å². The summed E-state index contributed by atoms with van der Waals surface area (Å²) < 4.78 is 45.6. The van der Waals surface area contributed by atoms with Crippen LogP contribution in [0.25, 0.3) is 0 Å². The van der Waals surface area contributed by atoms with E-state index in [-0.39, 0.29) is 31.1 Å². The van der Waals surface area contributed by atoms with Gasteiger partial charge in [0.05, 0.1) is 18.7 Å². The van der Waals surface area contributed by atoms with Gasteiger partial charge in [-0.1, -0.05) is 18.2 Å². The molecule has 2 aromatic rings. The van der Waals surface area contributed by atoms with E-state index in [4.69, 9.17) is 4.74 Å². The molecule has 1 heterocycles. The van der Waals surface area contributed by atoms with Gasteiger partial charge in [-0.3, -0.25) is 4.79 Å². The first-order valence-corrected chi connectivity index (χ1v) is 7.16. The fourth-order valence-corrected chi connectivity index (χ4v) is 2.55. The molecule has 1 aliphatic rings.